The van der Waals surface area contributed by atoms with Crippen LogP contribution in [0.15, 0.2) is 41.8 Å². The lowest BCUT2D eigenvalue weighted by Crippen LogP contribution is -2.43. The minimum atomic E-state index is -1.30. The smallest absolute Gasteiger partial charge is 0.241 e. The van der Waals surface area contributed by atoms with Gasteiger partial charge in [0.2, 0.25) is 17.7 Å². The highest BCUT2D eigenvalue weighted by molar-refractivity contribution is 7.09. The zero-order valence-electron chi connectivity index (χ0n) is 16.4. The number of hydrogen-bond acceptors (Lipinski definition) is 5. The number of amides is 3. The van der Waals surface area contributed by atoms with Gasteiger partial charge in [-0.2, -0.15) is 0 Å². The van der Waals surface area contributed by atoms with Crippen LogP contribution in [0.2, 0.25) is 5.02 Å². The summed E-state index contributed by atoms with van der Waals surface area (Å²) in [6.45, 7) is 0.840. The zero-order chi connectivity index (χ0) is 21.0. The number of thiophene rings is 1. The standard InChI is InChI=1S/C21H23ClN2O4S/c1-23(14-15-6-5-11-29-15)18(25)12-21(16-7-3-4-8-17(16)22)13-19(26)24(20(21)27)9-10-28-2/h3-8,11H,9-10,12-14H2,1-2H3/t21-/m1/s1. The van der Waals surface area contributed by atoms with Gasteiger partial charge in [-0.05, 0) is 23.1 Å². The Bertz CT molecular complexity index is 902. The van der Waals surface area contributed by atoms with Crippen LogP contribution >= 0.6 is 22.9 Å². The van der Waals surface area contributed by atoms with E-state index in [1.54, 1.807) is 47.5 Å². The van der Waals surface area contributed by atoms with E-state index in [4.69, 9.17) is 16.3 Å². The summed E-state index contributed by atoms with van der Waals surface area (Å²) >= 11 is 7.97. The van der Waals surface area contributed by atoms with Crippen molar-refractivity contribution in [3.8, 4) is 0 Å². The van der Waals surface area contributed by atoms with Crippen molar-refractivity contribution in [1.82, 2.24) is 9.80 Å². The average molecular weight is 435 g/mol. The highest BCUT2D eigenvalue weighted by Crippen LogP contribution is 2.43. The lowest BCUT2D eigenvalue weighted by molar-refractivity contribution is -0.143. The predicted molar refractivity (Wildman–Crippen MR) is 112 cm³/mol. The zero-order valence-corrected chi connectivity index (χ0v) is 18.0. The number of methoxy groups -OCH3 is 1. The number of likely N-dealkylation sites (tertiary alicyclic amines) is 1. The second-order valence-electron chi connectivity index (χ2n) is 7.09. The monoisotopic (exact) mass is 434 g/mol. The maximum Gasteiger partial charge on any atom is 0.241 e. The van der Waals surface area contributed by atoms with Crippen molar-refractivity contribution in [2.45, 2.75) is 24.8 Å². The first kappa shape index (κ1) is 21.5. The molecule has 0 aliphatic carbocycles. The summed E-state index contributed by atoms with van der Waals surface area (Å²) in [7, 11) is 3.21. The Labute approximate surface area is 179 Å². The lowest BCUT2D eigenvalue weighted by Gasteiger charge is -2.29. The quantitative estimate of drug-likeness (QED) is 0.599. The van der Waals surface area contributed by atoms with E-state index in [1.165, 1.54) is 12.0 Å². The lowest BCUT2D eigenvalue weighted by atomic mass is 9.75. The summed E-state index contributed by atoms with van der Waals surface area (Å²) in [6.07, 6.45) is -0.204. The van der Waals surface area contributed by atoms with Crippen LogP contribution in [-0.4, -0.2) is 54.8 Å². The number of benzene rings is 1. The fourth-order valence-electron chi connectivity index (χ4n) is 3.62. The molecule has 0 saturated carbocycles. The van der Waals surface area contributed by atoms with E-state index < -0.39 is 11.3 Å². The van der Waals surface area contributed by atoms with E-state index in [1.807, 2.05) is 17.5 Å². The molecule has 0 radical (unpaired) electrons. The van der Waals surface area contributed by atoms with Gasteiger partial charge in [0.1, 0.15) is 0 Å². The van der Waals surface area contributed by atoms with E-state index in [2.05, 4.69) is 0 Å². The molecule has 0 unspecified atom stereocenters. The highest BCUT2D eigenvalue weighted by Gasteiger charge is 2.54. The van der Waals surface area contributed by atoms with Gasteiger partial charge in [0.25, 0.3) is 0 Å². The maximum absolute atomic E-state index is 13.4. The predicted octanol–water partition coefficient (Wildman–Crippen LogP) is 3.09. The average Bonchev–Trinajstić information content (AvgIpc) is 3.28. The van der Waals surface area contributed by atoms with Crippen molar-refractivity contribution in [2.24, 2.45) is 0 Å². The van der Waals surface area contributed by atoms with Crippen molar-refractivity contribution in [3.63, 3.8) is 0 Å². The first-order valence-corrected chi connectivity index (χ1v) is 10.5. The molecule has 0 bridgehead atoms. The van der Waals surface area contributed by atoms with E-state index >= 15 is 0 Å². The first-order valence-electron chi connectivity index (χ1n) is 9.24. The molecule has 6 nitrogen and oxygen atoms in total. The van der Waals surface area contributed by atoms with Crippen molar-refractivity contribution in [3.05, 3.63) is 57.2 Å². The Morgan fingerprint density at radius 3 is 2.69 bits per heavy atom. The third-order valence-corrected chi connectivity index (χ3v) is 6.36. The molecule has 3 amide bonds. The van der Waals surface area contributed by atoms with Gasteiger partial charge < -0.3 is 9.64 Å². The molecule has 8 heteroatoms. The number of halogens is 1. The van der Waals surface area contributed by atoms with Crippen molar-refractivity contribution < 1.29 is 19.1 Å². The molecule has 1 atom stereocenters. The fraction of sp³-hybridized carbons (Fsp3) is 0.381. The topological polar surface area (TPSA) is 66.9 Å². The molecule has 29 heavy (non-hydrogen) atoms. The summed E-state index contributed by atoms with van der Waals surface area (Å²) in [5, 5.41) is 2.32. The summed E-state index contributed by atoms with van der Waals surface area (Å²) in [6, 6.07) is 10.8. The molecular weight excluding hydrogens is 412 g/mol. The van der Waals surface area contributed by atoms with Gasteiger partial charge >= 0.3 is 0 Å². The Hall–Kier alpha value is -2.22. The van der Waals surface area contributed by atoms with Gasteiger partial charge in [-0.1, -0.05) is 35.9 Å². The van der Waals surface area contributed by atoms with Crippen molar-refractivity contribution >= 4 is 40.7 Å². The summed E-state index contributed by atoms with van der Waals surface area (Å²) in [4.78, 5) is 43.0. The fourth-order valence-corrected chi connectivity index (χ4v) is 4.69. The van der Waals surface area contributed by atoms with Crippen LogP contribution in [0.4, 0.5) is 0 Å². The summed E-state index contributed by atoms with van der Waals surface area (Å²) in [5.74, 6) is -0.931. The van der Waals surface area contributed by atoms with Crippen LogP contribution in [0.1, 0.15) is 23.3 Å². The number of imide groups is 1. The van der Waals surface area contributed by atoms with Crippen LogP contribution in [0.5, 0.6) is 0 Å². The molecule has 0 N–H and O–H groups in total. The number of hydrogen-bond donors (Lipinski definition) is 0. The molecule has 3 rings (SSSR count). The summed E-state index contributed by atoms with van der Waals surface area (Å²) < 4.78 is 5.03. The molecule has 1 aromatic heterocycles. The SMILES string of the molecule is COCCN1C(=O)C[C@](CC(=O)N(C)Cc2cccs2)(c2ccccc2Cl)C1=O. The Kier molecular flexibility index (Phi) is 6.72. The largest absolute Gasteiger partial charge is 0.383 e. The van der Waals surface area contributed by atoms with Crippen LogP contribution in [0.25, 0.3) is 0 Å². The minimum absolute atomic E-state index is 0.0855. The molecule has 0 spiro atoms. The summed E-state index contributed by atoms with van der Waals surface area (Å²) in [5.41, 5.74) is -0.790. The number of rotatable bonds is 8. The third-order valence-electron chi connectivity index (χ3n) is 5.17. The molecular formula is C21H23ClN2O4S. The molecule has 1 saturated heterocycles. The van der Waals surface area contributed by atoms with Crippen LogP contribution < -0.4 is 0 Å². The molecule has 1 aliphatic rings. The van der Waals surface area contributed by atoms with E-state index in [-0.39, 0.29) is 37.8 Å². The van der Waals surface area contributed by atoms with Crippen LogP contribution in [0.3, 0.4) is 0 Å². The highest BCUT2D eigenvalue weighted by atomic mass is 35.5. The van der Waals surface area contributed by atoms with E-state index in [0.29, 0.717) is 17.1 Å². The molecule has 1 aromatic carbocycles. The molecule has 154 valence electrons. The minimum Gasteiger partial charge on any atom is -0.383 e. The Morgan fingerprint density at radius 2 is 2.03 bits per heavy atom. The molecule has 1 fully saturated rings. The van der Waals surface area contributed by atoms with Crippen molar-refractivity contribution in [2.75, 3.05) is 27.3 Å². The van der Waals surface area contributed by atoms with Crippen molar-refractivity contribution in [1.29, 1.82) is 0 Å². The van der Waals surface area contributed by atoms with Gasteiger partial charge in [0, 0.05) is 36.9 Å². The molecule has 1 aliphatic heterocycles. The number of carbonyl (C=O) groups is 3. The second-order valence-corrected chi connectivity index (χ2v) is 8.53. The third kappa shape index (κ3) is 4.37. The second kappa shape index (κ2) is 9.07. The number of ether oxygens (including phenoxy) is 1. The Balaban J connectivity index is 1.92. The molecule has 2 heterocycles. The van der Waals surface area contributed by atoms with Gasteiger partial charge in [-0.3, -0.25) is 19.3 Å². The normalized spacial score (nSPS) is 19.1. The van der Waals surface area contributed by atoms with Gasteiger partial charge in [-0.15, -0.1) is 11.3 Å². The maximum atomic E-state index is 13.4. The van der Waals surface area contributed by atoms with Crippen LogP contribution in [-0.2, 0) is 31.1 Å². The number of nitrogens with zero attached hydrogens (tertiary/aromatic N) is 2. The van der Waals surface area contributed by atoms with Gasteiger partial charge in [0.15, 0.2) is 0 Å². The number of carbonyl (C=O) groups excluding carboxylic acids is 3. The molecule has 2 aromatic rings. The van der Waals surface area contributed by atoms with Crippen LogP contribution in [0, 0.1) is 0 Å². The van der Waals surface area contributed by atoms with E-state index in [9.17, 15) is 14.4 Å². The van der Waals surface area contributed by atoms with E-state index in [0.717, 1.165) is 4.88 Å². The Morgan fingerprint density at radius 1 is 1.28 bits per heavy atom. The van der Waals surface area contributed by atoms with Gasteiger partial charge in [0.05, 0.1) is 25.1 Å². The first-order chi connectivity index (χ1) is 13.9. The van der Waals surface area contributed by atoms with Gasteiger partial charge in [-0.25, -0.2) is 0 Å².